The Balaban J connectivity index is 2.05. The monoisotopic (exact) mass is 325 g/mol. The van der Waals surface area contributed by atoms with Crippen LogP contribution < -0.4 is 10.1 Å². The summed E-state index contributed by atoms with van der Waals surface area (Å²) in [4.78, 5) is 23.4. The summed E-state index contributed by atoms with van der Waals surface area (Å²) in [6.45, 7) is 1.97. The summed E-state index contributed by atoms with van der Waals surface area (Å²) in [5, 5.41) is 2.73. The fourth-order valence-corrected chi connectivity index (χ4v) is 2.14. The molecule has 0 aromatic heterocycles. The molecule has 0 aliphatic rings. The van der Waals surface area contributed by atoms with E-state index in [2.05, 4.69) is 10.1 Å². The molecule has 124 valence electrons. The third-order valence-electron chi connectivity index (χ3n) is 3.37. The highest BCUT2D eigenvalue weighted by Gasteiger charge is 2.05. The first-order valence-corrected chi connectivity index (χ1v) is 7.35. The van der Waals surface area contributed by atoms with Crippen LogP contribution in [0.3, 0.4) is 0 Å². The number of carbonyl (C=O) groups excluding carboxylic acids is 2. The summed E-state index contributed by atoms with van der Waals surface area (Å²) in [5.74, 6) is 0.00997. The fraction of sp³-hybridized carbons (Fsp3) is 0.158. The number of methoxy groups -OCH3 is 2. The third kappa shape index (κ3) is 4.46. The lowest BCUT2D eigenvalue weighted by molar-refractivity contribution is -0.111. The number of aryl methyl sites for hydroxylation is 1. The molecule has 0 atom stereocenters. The van der Waals surface area contributed by atoms with Gasteiger partial charge in [0.2, 0.25) is 5.91 Å². The molecular weight excluding hydrogens is 306 g/mol. The van der Waals surface area contributed by atoms with Gasteiger partial charge in [-0.15, -0.1) is 0 Å². The predicted molar refractivity (Wildman–Crippen MR) is 93.2 cm³/mol. The Bertz CT molecular complexity index is 763. The van der Waals surface area contributed by atoms with Crippen LogP contribution in [0, 0.1) is 6.92 Å². The van der Waals surface area contributed by atoms with E-state index in [1.807, 2.05) is 25.1 Å². The highest BCUT2D eigenvalue weighted by molar-refractivity contribution is 6.02. The number of hydrogen-bond donors (Lipinski definition) is 1. The molecule has 24 heavy (non-hydrogen) atoms. The van der Waals surface area contributed by atoms with Crippen LogP contribution in [0.25, 0.3) is 6.08 Å². The Labute approximate surface area is 140 Å². The number of carbonyl (C=O) groups is 2. The number of benzene rings is 2. The normalized spacial score (nSPS) is 10.5. The molecule has 0 bridgehead atoms. The van der Waals surface area contributed by atoms with Crippen molar-refractivity contribution in [1.29, 1.82) is 0 Å². The number of amides is 1. The van der Waals surface area contributed by atoms with Crippen molar-refractivity contribution in [2.75, 3.05) is 19.5 Å². The van der Waals surface area contributed by atoms with Crippen LogP contribution in [0.5, 0.6) is 5.75 Å². The average molecular weight is 325 g/mol. The van der Waals surface area contributed by atoms with Gasteiger partial charge in [0.15, 0.2) is 0 Å². The van der Waals surface area contributed by atoms with Crippen LogP contribution in [0.15, 0.2) is 48.5 Å². The van der Waals surface area contributed by atoms with Crippen LogP contribution in [0.4, 0.5) is 5.69 Å². The second-order valence-corrected chi connectivity index (χ2v) is 5.14. The van der Waals surface area contributed by atoms with Crippen molar-refractivity contribution in [1.82, 2.24) is 0 Å². The second kappa shape index (κ2) is 7.97. The lowest BCUT2D eigenvalue weighted by atomic mass is 10.1. The van der Waals surface area contributed by atoms with Gasteiger partial charge in [-0.2, -0.15) is 0 Å². The first-order valence-electron chi connectivity index (χ1n) is 7.35. The molecule has 0 aliphatic heterocycles. The molecule has 1 N–H and O–H groups in total. The van der Waals surface area contributed by atoms with Crippen LogP contribution >= 0.6 is 0 Å². The minimum Gasteiger partial charge on any atom is -0.496 e. The quantitative estimate of drug-likeness (QED) is 0.675. The predicted octanol–water partition coefficient (Wildman–Crippen LogP) is 3.44. The third-order valence-corrected chi connectivity index (χ3v) is 3.37. The smallest absolute Gasteiger partial charge is 0.337 e. The molecule has 5 nitrogen and oxygen atoms in total. The van der Waals surface area contributed by atoms with Gasteiger partial charge in [-0.25, -0.2) is 4.79 Å². The van der Waals surface area contributed by atoms with Crippen LogP contribution in [-0.2, 0) is 9.53 Å². The molecule has 5 heteroatoms. The van der Waals surface area contributed by atoms with E-state index in [0.717, 1.165) is 11.1 Å². The van der Waals surface area contributed by atoms with Gasteiger partial charge in [0.25, 0.3) is 0 Å². The molecule has 0 radical (unpaired) electrons. The van der Waals surface area contributed by atoms with Gasteiger partial charge in [-0.1, -0.05) is 11.6 Å². The van der Waals surface area contributed by atoms with Crippen LogP contribution in [-0.4, -0.2) is 26.1 Å². The highest BCUT2D eigenvalue weighted by Crippen LogP contribution is 2.21. The zero-order valence-electron chi connectivity index (χ0n) is 13.8. The number of nitrogens with one attached hydrogen (secondary N) is 1. The molecular formula is C19H19NO4. The summed E-state index contributed by atoms with van der Waals surface area (Å²) in [5.41, 5.74) is 2.92. The first-order chi connectivity index (χ1) is 11.5. The van der Waals surface area contributed by atoms with Crippen molar-refractivity contribution in [2.45, 2.75) is 6.92 Å². The molecule has 0 spiro atoms. The summed E-state index contributed by atoms with van der Waals surface area (Å²) in [6, 6.07) is 12.2. The van der Waals surface area contributed by atoms with E-state index >= 15 is 0 Å². The van der Waals surface area contributed by atoms with Gasteiger partial charge in [0.1, 0.15) is 5.75 Å². The maximum atomic E-state index is 12.0. The number of hydrogen-bond acceptors (Lipinski definition) is 4. The van der Waals surface area contributed by atoms with E-state index in [-0.39, 0.29) is 5.91 Å². The zero-order valence-corrected chi connectivity index (χ0v) is 13.8. The molecule has 2 rings (SSSR count). The minimum atomic E-state index is -0.417. The molecule has 0 saturated carbocycles. The summed E-state index contributed by atoms with van der Waals surface area (Å²) >= 11 is 0. The van der Waals surface area contributed by atoms with Crippen molar-refractivity contribution in [3.05, 3.63) is 65.2 Å². The van der Waals surface area contributed by atoms with E-state index in [0.29, 0.717) is 17.0 Å². The number of esters is 1. The number of ether oxygens (including phenoxy) is 2. The number of anilines is 1. The van der Waals surface area contributed by atoms with Gasteiger partial charge in [0.05, 0.1) is 19.8 Å². The Kier molecular flexibility index (Phi) is 5.73. The standard InChI is InChI=1S/C19H19NO4/c1-13-4-10-17(23-2)15(12-13)7-11-18(21)20-16-8-5-14(6-9-16)19(22)24-3/h4-12H,1-3H3,(H,20,21)/b11-7+. The van der Waals surface area contributed by atoms with Crippen molar-refractivity contribution in [3.8, 4) is 5.75 Å². The largest absolute Gasteiger partial charge is 0.496 e. The molecule has 0 aliphatic carbocycles. The number of rotatable bonds is 5. The molecule has 1 amide bonds. The van der Waals surface area contributed by atoms with Gasteiger partial charge >= 0.3 is 5.97 Å². The fourth-order valence-electron chi connectivity index (χ4n) is 2.14. The maximum absolute atomic E-state index is 12.0. The van der Waals surface area contributed by atoms with E-state index in [1.165, 1.54) is 13.2 Å². The van der Waals surface area contributed by atoms with Crippen LogP contribution in [0.1, 0.15) is 21.5 Å². The lowest BCUT2D eigenvalue weighted by Crippen LogP contribution is -2.08. The van der Waals surface area contributed by atoms with Crippen molar-refractivity contribution in [2.24, 2.45) is 0 Å². The molecule has 2 aromatic carbocycles. The Morgan fingerprint density at radius 2 is 1.75 bits per heavy atom. The van der Waals surface area contributed by atoms with E-state index in [1.54, 1.807) is 37.5 Å². The summed E-state index contributed by atoms with van der Waals surface area (Å²) < 4.78 is 9.90. The van der Waals surface area contributed by atoms with E-state index in [9.17, 15) is 9.59 Å². The molecule has 0 heterocycles. The SMILES string of the molecule is COC(=O)c1ccc(NC(=O)/C=C/c2cc(C)ccc2OC)cc1. The first kappa shape index (κ1) is 17.3. The molecule has 0 fully saturated rings. The summed E-state index contributed by atoms with van der Waals surface area (Å²) in [7, 11) is 2.91. The molecule has 2 aromatic rings. The topological polar surface area (TPSA) is 64.6 Å². The highest BCUT2D eigenvalue weighted by atomic mass is 16.5. The van der Waals surface area contributed by atoms with Gasteiger partial charge < -0.3 is 14.8 Å². The summed E-state index contributed by atoms with van der Waals surface area (Å²) in [6.07, 6.45) is 3.13. The van der Waals surface area contributed by atoms with Crippen molar-refractivity contribution < 1.29 is 19.1 Å². The Morgan fingerprint density at radius 3 is 2.38 bits per heavy atom. The minimum absolute atomic E-state index is 0.274. The molecule has 0 saturated heterocycles. The maximum Gasteiger partial charge on any atom is 0.337 e. The Morgan fingerprint density at radius 1 is 1.04 bits per heavy atom. The van der Waals surface area contributed by atoms with Gasteiger partial charge in [0, 0.05) is 17.3 Å². The second-order valence-electron chi connectivity index (χ2n) is 5.14. The van der Waals surface area contributed by atoms with Crippen molar-refractivity contribution >= 4 is 23.6 Å². The van der Waals surface area contributed by atoms with Gasteiger partial charge in [-0.05, 0) is 49.4 Å². The van der Waals surface area contributed by atoms with E-state index < -0.39 is 5.97 Å². The van der Waals surface area contributed by atoms with Crippen LogP contribution in [0.2, 0.25) is 0 Å². The Hall–Kier alpha value is -3.08. The molecule has 0 unspecified atom stereocenters. The zero-order chi connectivity index (χ0) is 17.5. The average Bonchev–Trinajstić information content (AvgIpc) is 2.60. The van der Waals surface area contributed by atoms with Crippen molar-refractivity contribution in [3.63, 3.8) is 0 Å². The lowest BCUT2D eigenvalue weighted by Gasteiger charge is -2.06. The van der Waals surface area contributed by atoms with E-state index in [4.69, 9.17) is 4.74 Å². The van der Waals surface area contributed by atoms with Gasteiger partial charge in [-0.3, -0.25) is 4.79 Å².